The van der Waals surface area contributed by atoms with E-state index >= 15 is 0 Å². The van der Waals surface area contributed by atoms with Gasteiger partial charge in [-0.1, -0.05) is 39.8 Å². The van der Waals surface area contributed by atoms with E-state index in [1.165, 1.54) is 0 Å². The van der Waals surface area contributed by atoms with Crippen molar-refractivity contribution in [1.82, 2.24) is 10.0 Å². The molecule has 2 unspecified atom stereocenters. The van der Waals surface area contributed by atoms with E-state index < -0.39 is 16.1 Å². The zero-order valence-corrected chi connectivity index (χ0v) is 16.2. The van der Waals surface area contributed by atoms with E-state index in [1.807, 2.05) is 34.6 Å². The fraction of sp³-hybridized carbons (Fsp3) is 0.556. The van der Waals surface area contributed by atoms with Gasteiger partial charge in [0.1, 0.15) is 11.9 Å². The topological polar surface area (TPSA) is 87.6 Å². The predicted molar refractivity (Wildman–Crippen MR) is 99.0 cm³/mol. The molecule has 6 nitrogen and oxygen atoms in total. The Morgan fingerprint density at radius 1 is 1.16 bits per heavy atom. The van der Waals surface area contributed by atoms with Gasteiger partial charge in [0.05, 0.1) is 4.90 Å². The zero-order chi connectivity index (χ0) is 18.8. The second-order valence-electron chi connectivity index (χ2n) is 7.27. The summed E-state index contributed by atoms with van der Waals surface area (Å²) in [6, 6.07) is 6.06. The number of amidine groups is 1. The Morgan fingerprint density at radius 3 is 2.40 bits per heavy atom. The molecule has 1 aliphatic rings. The zero-order valence-electron chi connectivity index (χ0n) is 15.4. The molecule has 1 aromatic carbocycles. The number of carbonyl (C=O) groups excluding carboxylic acids is 1. The van der Waals surface area contributed by atoms with Crippen LogP contribution in [0.1, 0.15) is 46.6 Å². The van der Waals surface area contributed by atoms with Crippen molar-refractivity contribution in [2.75, 3.05) is 0 Å². The molecule has 7 heteroatoms. The van der Waals surface area contributed by atoms with Gasteiger partial charge < -0.3 is 5.32 Å². The summed E-state index contributed by atoms with van der Waals surface area (Å²) in [4.78, 5) is 17.3. The number of amides is 1. The lowest BCUT2D eigenvalue weighted by atomic mass is 10.0. The molecule has 0 aromatic heterocycles. The first kappa shape index (κ1) is 19.4. The van der Waals surface area contributed by atoms with Crippen LogP contribution in [0.15, 0.2) is 34.2 Å². The number of nitrogens with zero attached hydrogens (tertiary/aromatic N) is 1. The maximum absolute atomic E-state index is 12.7. The summed E-state index contributed by atoms with van der Waals surface area (Å²) in [5, 5.41) is 2.98. The minimum atomic E-state index is -3.60. The Bertz CT molecular complexity index is 770. The molecule has 0 radical (unpaired) electrons. The van der Waals surface area contributed by atoms with Crippen molar-refractivity contribution >= 4 is 21.8 Å². The second kappa shape index (κ2) is 7.56. The lowest BCUT2D eigenvalue weighted by Gasteiger charge is -2.21. The molecular weight excluding hydrogens is 338 g/mol. The molecule has 0 fully saturated rings. The molecule has 0 bridgehead atoms. The summed E-state index contributed by atoms with van der Waals surface area (Å²) in [5.41, 5.74) is 0.515. The molecule has 1 aliphatic heterocycles. The van der Waals surface area contributed by atoms with E-state index in [0.717, 1.165) is 0 Å². The van der Waals surface area contributed by atoms with Crippen molar-refractivity contribution in [1.29, 1.82) is 0 Å². The summed E-state index contributed by atoms with van der Waals surface area (Å²) in [5.74, 6) is 0.629. The van der Waals surface area contributed by atoms with E-state index in [9.17, 15) is 13.2 Å². The quantitative estimate of drug-likeness (QED) is 0.811. The summed E-state index contributed by atoms with van der Waals surface area (Å²) in [7, 11) is -3.60. The molecule has 0 saturated heterocycles. The highest BCUT2D eigenvalue weighted by molar-refractivity contribution is 7.90. The number of fused-ring (bicyclic) bond motifs is 1. The van der Waals surface area contributed by atoms with Gasteiger partial charge in [0.15, 0.2) is 0 Å². The van der Waals surface area contributed by atoms with Crippen LogP contribution in [0.3, 0.4) is 0 Å². The van der Waals surface area contributed by atoms with Crippen molar-refractivity contribution in [3.63, 3.8) is 0 Å². The van der Waals surface area contributed by atoms with Crippen LogP contribution in [0, 0.1) is 11.8 Å². The molecule has 1 aromatic rings. The van der Waals surface area contributed by atoms with Crippen molar-refractivity contribution in [3.05, 3.63) is 29.8 Å². The van der Waals surface area contributed by atoms with Crippen LogP contribution < -0.4 is 10.0 Å². The molecule has 1 heterocycles. The summed E-state index contributed by atoms with van der Waals surface area (Å²) in [6.07, 6.45) is 0.546. The SMILES string of the molecule is CC(C)CC(N=C1NS(=O)(=O)c2ccccc21)C(=O)NC(C)C(C)C. The first-order chi connectivity index (χ1) is 11.6. The molecule has 1 amide bonds. The number of hydrogen-bond donors (Lipinski definition) is 2. The normalized spacial score (nSPS) is 19.6. The van der Waals surface area contributed by atoms with Gasteiger partial charge in [-0.25, -0.2) is 8.42 Å². The third-order valence-electron chi connectivity index (χ3n) is 4.31. The molecule has 2 rings (SSSR count). The third kappa shape index (κ3) is 4.60. The van der Waals surface area contributed by atoms with E-state index in [-0.39, 0.29) is 28.6 Å². The maximum Gasteiger partial charge on any atom is 0.263 e. The predicted octanol–water partition coefficient (Wildman–Crippen LogP) is 2.30. The standard InChI is InChI=1S/C18H27N3O3S/c1-11(2)10-15(18(22)19-13(5)12(3)4)20-17-14-8-6-7-9-16(14)25(23,24)21-17/h6-9,11-13,15H,10H2,1-5H3,(H,19,22)(H,20,21). The van der Waals surface area contributed by atoms with E-state index in [0.29, 0.717) is 17.9 Å². The average molecular weight is 365 g/mol. The average Bonchev–Trinajstić information content (AvgIpc) is 2.77. The molecule has 138 valence electrons. The van der Waals surface area contributed by atoms with Gasteiger partial charge in [0.2, 0.25) is 5.91 Å². The van der Waals surface area contributed by atoms with Crippen molar-refractivity contribution in [3.8, 4) is 0 Å². The summed E-state index contributed by atoms with van der Waals surface area (Å²) >= 11 is 0. The van der Waals surface area contributed by atoms with E-state index in [1.54, 1.807) is 24.3 Å². The molecule has 2 atom stereocenters. The number of sulfonamides is 1. The van der Waals surface area contributed by atoms with Crippen LogP contribution in [-0.4, -0.2) is 32.2 Å². The molecule has 2 N–H and O–H groups in total. The van der Waals surface area contributed by atoms with Gasteiger partial charge in [0.25, 0.3) is 10.0 Å². The number of nitrogens with one attached hydrogen (secondary N) is 2. The van der Waals surface area contributed by atoms with Gasteiger partial charge in [-0.15, -0.1) is 0 Å². The first-order valence-electron chi connectivity index (χ1n) is 8.62. The van der Waals surface area contributed by atoms with Crippen LogP contribution in [0.5, 0.6) is 0 Å². The highest BCUT2D eigenvalue weighted by Crippen LogP contribution is 2.23. The molecule has 0 aliphatic carbocycles. The smallest absolute Gasteiger partial charge is 0.263 e. The maximum atomic E-state index is 12.7. The minimum absolute atomic E-state index is 0.0231. The van der Waals surface area contributed by atoms with Crippen LogP contribution in [0.25, 0.3) is 0 Å². The van der Waals surface area contributed by atoms with E-state index in [4.69, 9.17) is 0 Å². The van der Waals surface area contributed by atoms with Gasteiger partial charge in [0, 0.05) is 11.6 Å². The fourth-order valence-electron chi connectivity index (χ4n) is 2.54. The summed E-state index contributed by atoms with van der Waals surface area (Å²) in [6.45, 7) is 10.1. The lowest BCUT2D eigenvalue weighted by molar-refractivity contribution is -0.123. The number of carbonyl (C=O) groups is 1. The number of rotatable bonds is 6. The van der Waals surface area contributed by atoms with Crippen molar-refractivity contribution < 1.29 is 13.2 Å². The Hall–Kier alpha value is -1.89. The van der Waals surface area contributed by atoms with Crippen molar-refractivity contribution in [2.24, 2.45) is 16.8 Å². The van der Waals surface area contributed by atoms with E-state index in [2.05, 4.69) is 15.0 Å². The highest BCUT2D eigenvalue weighted by atomic mass is 32.2. The lowest BCUT2D eigenvalue weighted by Crippen LogP contribution is -2.43. The number of aliphatic imine (C=N–C) groups is 1. The fourth-order valence-corrected chi connectivity index (χ4v) is 3.78. The Labute approximate surface area is 150 Å². The Morgan fingerprint density at radius 2 is 1.80 bits per heavy atom. The first-order valence-corrected chi connectivity index (χ1v) is 10.1. The molecule has 0 spiro atoms. The van der Waals surface area contributed by atoms with Crippen LogP contribution >= 0.6 is 0 Å². The minimum Gasteiger partial charge on any atom is -0.352 e. The number of benzene rings is 1. The Kier molecular flexibility index (Phi) is 5.87. The van der Waals surface area contributed by atoms with Crippen LogP contribution in [0.2, 0.25) is 0 Å². The van der Waals surface area contributed by atoms with Crippen LogP contribution in [-0.2, 0) is 14.8 Å². The van der Waals surface area contributed by atoms with Gasteiger partial charge in [-0.2, -0.15) is 0 Å². The Balaban J connectivity index is 2.34. The molecular formula is C18H27N3O3S. The second-order valence-corrected chi connectivity index (χ2v) is 8.92. The van der Waals surface area contributed by atoms with Gasteiger partial charge in [-0.3, -0.25) is 14.5 Å². The number of hydrogen-bond acceptors (Lipinski definition) is 4. The van der Waals surface area contributed by atoms with Crippen LogP contribution in [0.4, 0.5) is 0 Å². The van der Waals surface area contributed by atoms with Crippen molar-refractivity contribution in [2.45, 2.75) is 58.0 Å². The van der Waals surface area contributed by atoms with Gasteiger partial charge >= 0.3 is 0 Å². The highest BCUT2D eigenvalue weighted by Gasteiger charge is 2.32. The molecule has 25 heavy (non-hydrogen) atoms. The summed E-state index contributed by atoms with van der Waals surface area (Å²) < 4.78 is 26.9. The molecule has 0 saturated carbocycles. The largest absolute Gasteiger partial charge is 0.352 e. The third-order valence-corrected chi connectivity index (χ3v) is 5.71. The monoisotopic (exact) mass is 365 g/mol. The van der Waals surface area contributed by atoms with Gasteiger partial charge in [-0.05, 0) is 37.3 Å².